The lowest BCUT2D eigenvalue weighted by atomic mass is 9.75. The van der Waals surface area contributed by atoms with Gasteiger partial charge in [-0.1, -0.05) is 149 Å². The lowest BCUT2D eigenvalue weighted by Gasteiger charge is -2.31. The van der Waals surface area contributed by atoms with E-state index >= 15 is 0 Å². The van der Waals surface area contributed by atoms with Crippen LogP contribution in [0.2, 0.25) is 0 Å². The highest BCUT2D eigenvalue weighted by atomic mass is 31.1. The highest BCUT2D eigenvalue weighted by Crippen LogP contribution is 2.50. The minimum Gasteiger partial charge on any atom is -0.507 e. The summed E-state index contributed by atoms with van der Waals surface area (Å²) >= 11 is 0. The number of aryl methyl sites for hydroxylation is 1. The first-order valence-corrected chi connectivity index (χ1v) is 19.2. The van der Waals surface area contributed by atoms with Gasteiger partial charge in [0.05, 0.1) is 6.61 Å². The Hall–Kier alpha value is -2.55. The van der Waals surface area contributed by atoms with Gasteiger partial charge in [-0.3, -0.25) is 0 Å². The van der Waals surface area contributed by atoms with E-state index in [1.807, 2.05) is 0 Å². The average Bonchev–Trinajstić information content (AvgIpc) is 2.91. The van der Waals surface area contributed by atoms with Gasteiger partial charge in [0.25, 0.3) is 0 Å². The van der Waals surface area contributed by atoms with Gasteiger partial charge in [-0.05, 0) is 85.3 Å². The lowest BCUT2D eigenvalue weighted by Crippen LogP contribution is -2.19. The summed E-state index contributed by atoms with van der Waals surface area (Å²) in [6.45, 7) is 39.9. The molecule has 0 saturated heterocycles. The Balaban J connectivity index is 2.03. The monoisotopic (exact) mass is 704 g/mol. The molecule has 0 radical (unpaired) electrons. The molecule has 0 fully saturated rings. The first-order valence-electron chi connectivity index (χ1n) is 18.4. The molecule has 3 aromatic carbocycles. The van der Waals surface area contributed by atoms with Gasteiger partial charge >= 0.3 is 0 Å². The molecule has 50 heavy (non-hydrogen) atoms. The summed E-state index contributed by atoms with van der Waals surface area (Å²) in [6.07, 6.45) is 1.68. The smallest absolute Gasteiger partial charge is 0.215 e. The lowest BCUT2D eigenvalue weighted by molar-refractivity contribution is 0.321. The van der Waals surface area contributed by atoms with Crippen molar-refractivity contribution >= 4 is 9.03 Å². The van der Waals surface area contributed by atoms with Crippen LogP contribution in [0, 0.1) is 0 Å². The predicted molar refractivity (Wildman–Crippen MR) is 217 cm³/mol. The zero-order chi connectivity index (χ0) is 38.4. The number of hydrogen-bond acceptors (Lipinski definition) is 4. The van der Waals surface area contributed by atoms with E-state index < -0.39 is 0 Å². The summed E-state index contributed by atoms with van der Waals surface area (Å²) in [5.74, 6) is 1.49. The molecule has 0 aliphatic heterocycles. The first-order chi connectivity index (χ1) is 22.4. The summed E-state index contributed by atoms with van der Waals surface area (Å²) in [6, 6.07) is 13.1. The van der Waals surface area contributed by atoms with Crippen LogP contribution in [0.15, 0.2) is 36.4 Å². The van der Waals surface area contributed by atoms with Crippen LogP contribution in [-0.2, 0) is 43.4 Å². The van der Waals surface area contributed by atoms with Gasteiger partial charge in [-0.15, -0.1) is 0 Å². The Kier molecular flexibility index (Phi) is 12.1. The van der Waals surface area contributed by atoms with Crippen molar-refractivity contribution in [3.8, 4) is 28.4 Å². The van der Waals surface area contributed by atoms with Crippen molar-refractivity contribution in [2.75, 3.05) is 6.61 Å². The third kappa shape index (κ3) is 10.1. The maximum Gasteiger partial charge on any atom is 0.215 e. The van der Waals surface area contributed by atoms with Crippen LogP contribution in [0.25, 0.3) is 11.1 Å². The number of phenolic OH excluding ortho intramolecular Hbond substituents is 2. The maximum atomic E-state index is 12.0. The van der Waals surface area contributed by atoms with E-state index in [4.69, 9.17) is 9.05 Å². The van der Waals surface area contributed by atoms with Crippen LogP contribution in [0.4, 0.5) is 0 Å². The fourth-order valence-corrected chi connectivity index (χ4v) is 6.81. The van der Waals surface area contributed by atoms with Gasteiger partial charge in [-0.2, -0.15) is 0 Å². The van der Waals surface area contributed by atoms with Gasteiger partial charge in [0.2, 0.25) is 9.03 Å². The molecule has 0 bridgehead atoms. The molecule has 1 unspecified atom stereocenters. The van der Waals surface area contributed by atoms with E-state index in [-0.39, 0.29) is 41.5 Å². The van der Waals surface area contributed by atoms with Crippen LogP contribution < -0.4 is 4.52 Å². The zero-order valence-electron chi connectivity index (χ0n) is 34.8. The third-order valence-corrected chi connectivity index (χ3v) is 10.1. The van der Waals surface area contributed by atoms with Gasteiger partial charge in [0, 0.05) is 22.3 Å². The highest BCUT2D eigenvalue weighted by Gasteiger charge is 2.31. The molecule has 0 aliphatic rings. The molecular weight excluding hydrogens is 635 g/mol. The fraction of sp³-hybridized carbons (Fsp3) is 0.600. The van der Waals surface area contributed by atoms with Gasteiger partial charge in [-0.25, -0.2) is 0 Å². The maximum absolute atomic E-state index is 12.0. The predicted octanol–water partition coefficient (Wildman–Crippen LogP) is 13.1. The summed E-state index contributed by atoms with van der Waals surface area (Å²) < 4.78 is 12.9. The fourth-order valence-electron chi connectivity index (χ4n) is 6.22. The first kappa shape index (κ1) is 41.9. The molecule has 0 heterocycles. The number of benzene rings is 3. The van der Waals surface area contributed by atoms with Crippen molar-refractivity contribution in [1.82, 2.24) is 0 Å². The molecule has 0 amide bonds. The minimum absolute atomic E-state index is 0.107. The Morgan fingerprint density at radius 1 is 0.480 bits per heavy atom. The molecule has 1 atom stereocenters. The number of phenols is 2. The van der Waals surface area contributed by atoms with Gasteiger partial charge in [0.15, 0.2) is 0 Å². The Morgan fingerprint density at radius 3 is 1.30 bits per heavy atom. The van der Waals surface area contributed by atoms with Crippen LogP contribution in [-0.4, -0.2) is 16.8 Å². The second-order valence-corrected chi connectivity index (χ2v) is 21.2. The van der Waals surface area contributed by atoms with E-state index in [9.17, 15) is 10.2 Å². The van der Waals surface area contributed by atoms with E-state index in [0.717, 1.165) is 52.0 Å². The Labute approximate surface area is 307 Å². The van der Waals surface area contributed by atoms with Crippen LogP contribution in [0.3, 0.4) is 0 Å². The van der Waals surface area contributed by atoms with Crippen LogP contribution in [0.1, 0.15) is 170 Å². The molecule has 0 aliphatic carbocycles. The molecule has 0 saturated carbocycles. The largest absolute Gasteiger partial charge is 0.507 e. The summed E-state index contributed by atoms with van der Waals surface area (Å²) in [5, 5.41) is 23.1. The van der Waals surface area contributed by atoms with Crippen molar-refractivity contribution in [3.05, 3.63) is 75.3 Å². The van der Waals surface area contributed by atoms with Crippen molar-refractivity contribution in [2.24, 2.45) is 0 Å². The normalized spacial score (nSPS) is 13.8. The molecule has 3 aromatic rings. The van der Waals surface area contributed by atoms with Crippen molar-refractivity contribution in [1.29, 1.82) is 0 Å². The summed E-state index contributed by atoms with van der Waals surface area (Å²) in [7, 11) is -0.200. The Bertz CT molecular complexity index is 1620. The minimum atomic E-state index is -0.251. The Morgan fingerprint density at radius 2 is 0.880 bits per heavy atom. The zero-order valence-corrected chi connectivity index (χ0v) is 35.8. The quantitative estimate of drug-likeness (QED) is 0.181. The molecule has 2 N–H and O–H groups in total. The molecule has 278 valence electrons. The van der Waals surface area contributed by atoms with E-state index in [1.54, 1.807) is 0 Å². The second-order valence-electron chi connectivity index (χ2n) is 20.5. The van der Waals surface area contributed by atoms with Crippen molar-refractivity contribution < 1.29 is 19.3 Å². The molecule has 5 heteroatoms. The molecule has 4 nitrogen and oxygen atoms in total. The molecule has 0 aromatic heterocycles. The van der Waals surface area contributed by atoms with Gasteiger partial charge < -0.3 is 19.3 Å². The van der Waals surface area contributed by atoms with Crippen molar-refractivity contribution in [2.45, 2.75) is 170 Å². The van der Waals surface area contributed by atoms with E-state index in [2.05, 4.69) is 161 Å². The average molecular weight is 705 g/mol. The standard InChI is InChI=1S/C45H69O4P/c1-40(2,3)29-24-31(37(46)35(26-29)44(13,14)15)32-25-30(41(4,5)6)27-36(45(16,17)18)39(32)49-50-48-21-19-20-28-22-33(42(7,8)9)38(47)34(23-28)43(10,11)12/h22-27,46-47,50H,19-21H2,1-18H3. The molecule has 0 spiro atoms. The summed E-state index contributed by atoms with van der Waals surface area (Å²) in [4.78, 5) is 0. The molecular formula is C45H69O4P. The number of hydrogen-bond donors (Lipinski definition) is 2. The second kappa shape index (κ2) is 14.5. The third-order valence-electron chi connectivity index (χ3n) is 9.54. The highest BCUT2D eigenvalue weighted by molar-refractivity contribution is 7.26. The van der Waals surface area contributed by atoms with E-state index in [0.29, 0.717) is 18.1 Å². The van der Waals surface area contributed by atoms with Crippen molar-refractivity contribution in [3.63, 3.8) is 0 Å². The van der Waals surface area contributed by atoms with Crippen LogP contribution >= 0.6 is 9.03 Å². The van der Waals surface area contributed by atoms with E-state index in [1.165, 1.54) is 16.7 Å². The SMILES string of the molecule is CC(C)(C)c1cc(-c2cc(C(C)(C)C)cc(C(C)(C)C)c2OPOCCCc2cc(C(C)(C)C)c(O)c(C(C)(C)C)c2)c(O)c(C(C)(C)C)c1. The van der Waals surface area contributed by atoms with Crippen LogP contribution in [0.5, 0.6) is 17.2 Å². The number of rotatable bonds is 8. The molecule has 3 rings (SSSR count). The topological polar surface area (TPSA) is 58.9 Å². The number of aromatic hydroxyl groups is 2. The summed E-state index contributed by atoms with van der Waals surface area (Å²) in [5.41, 5.74) is 8.29. The van der Waals surface area contributed by atoms with Gasteiger partial charge in [0.1, 0.15) is 17.2 Å².